The number of nitrogens with two attached hydrogens (primary N) is 1. The predicted molar refractivity (Wildman–Crippen MR) is 159 cm³/mol. The van der Waals surface area contributed by atoms with Gasteiger partial charge in [0.25, 0.3) is 0 Å². The fraction of sp³-hybridized carbons (Fsp3) is 0.219. The van der Waals surface area contributed by atoms with Crippen LogP contribution in [0.5, 0.6) is 5.75 Å². The van der Waals surface area contributed by atoms with Crippen molar-refractivity contribution in [1.29, 1.82) is 0 Å². The van der Waals surface area contributed by atoms with E-state index in [1.165, 1.54) is 11.8 Å². The number of phenols is 1. The zero-order valence-electron chi connectivity index (χ0n) is 22.7. The number of hydrogen-bond donors (Lipinski definition) is 3. The van der Waals surface area contributed by atoms with Gasteiger partial charge in [-0.2, -0.15) is 4.68 Å². The summed E-state index contributed by atoms with van der Waals surface area (Å²) < 4.78 is 15.1. The lowest BCUT2D eigenvalue weighted by Crippen LogP contribution is -2.38. The summed E-state index contributed by atoms with van der Waals surface area (Å²) in [6, 6.07) is 32.8. The summed E-state index contributed by atoms with van der Waals surface area (Å²) in [6.45, 7) is 0.430. The van der Waals surface area contributed by atoms with Gasteiger partial charge in [-0.3, -0.25) is 0 Å². The van der Waals surface area contributed by atoms with E-state index in [9.17, 15) is 10.2 Å². The quantitative estimate of drug-likeness (QED) is 0.205. The fourth-order valence-corrected chi connectivity index (χ4v) is 6.10. The molecule has 0 spiro atoms. The first kappa shape index (κ1) is 28.1. The van der Waals surface area contributed by atoms with Gasteiger partial charge in [-0.25, -0.2) is 0 Å². The van der Waals surface area contributed by atoms with Gasteiger partial charge < -0.3 is 25.4 Å². The molecule has 1 aliphatic rings. The Labute approximate surface area is 247 Å². The molecule has 0 aliphatic carbocycles. The van der Waals surface area contributed by atoms with Crippen LogP contribution in [0.3, 0.4) is 0 Å². The van der Waals surface area contributed by atoms with Crippen LogP contribution in [0.2, 0.25) is 0 Å². The normalized spacial score (nSPS) is 20.4. The Morgan fingerprint density at radius 1 is 0.786 bits per heavy atom. The van der Waals surface area contributed by atoms with E-state index in [1.54, 1.807) is 28.9 Å². The number of nitrogens with zero attached hydrogens (tertiary/aromatic N) is 4. The van der Waals surface area contributed by atoms with Gasteiger partial charge in [0.2, 0.25) is 5.16 Å². The van der Waals surface area contributed by atoms with Crippen LogP contribution in [-0.2, 0) is 22.6 Å². The van der Waals surface area contributed by atoms with E-state index in [4.69, 9.17) is 15.2 Å². The molecule has 1 fully saturated rings. The van der Waals surface area contributed by atoms with Crippen LogP contribution in [-0.4, -0.2) is 42.3 Å². The third-order valence-electron chi connectivity index (χ3n) is 7.37. The molecular weight excluding hydrogens is 550 g/mol. The maximum absolute atomic E-state index is 9.72. The fourth-order valence-electron chi connectivity index (χ4n) is 5.14. The summed E-state index contributed by atoms with van der Waals surface area (Å²) in [5, 5.41) is 32.3. The van der Waals surface area contributed by atoms with E-state index in [0.29, 0.717) is 17.5 Å². The molecule has 4 atom stereocenters. The number of tetrazole rings is 1. The second-order valence-corrected chi connectivity index (χ2v) is 11.0. The second-order valence-electron chi connectivity index (χ2n) is 10.0. The van der Waals surface area contributed by atoms with Crippen molar-refractivity contribution in [2.75, 3.05) is 5.75 Å². The molecule has 6 rings (SSSR count). The van der Waals surface area contributed by atoms with Gasteiger partial charge in [0.1, 0.15) is 5.75 Å². The summed E-state index contributed by atoms with van der Waals surface area (Å²) in [4.78, 5) is 0. The molecule has 1 aliphatic heterocycles. The van der Waals surface area contributed by atoms with Crippen LogP contribution in [0.4, 0.5) is 0 Å². The molecule has 4 unspecified atom stereocenters. The minimum absolute atomic E-state index is 0.0256. The van der Waals surface area contributed by atoms with E-state index < -0.39 is 6.29 Å². The Hall–Kier alpha value is -4.06. The molecular formula is C32H31N5O4S. The van der Waals surface area contributed by atoms with Crippen molar-refractivity contribution in [3.8, 4) is 11.4 Å². The lowest BCUT2D eigenvalue weighted by Gasteiger charge is -2.43. The molecule has 4 N–H and O–H groups in total. The Bertz CT molecular complexity index is 1580. The average molecular weight is 582 g/mol. The van der Waals surface area contributed by atoms with Crippen molar-refractivity contribution in [2.45, 2.75) is 42.7 Å². The van der Waals surface area contributed by atoms with Crippen molar-refractivity contribution >= 4 is 11.8 Å². The molecule has 9 nitrogen and oxygen atoms in total. The molecule has 1 saturated heterocycles. The molecule has 1 aromatic heterocycles. The van der Waals surface area contributed by atoms with Gasteiger partial charge >= 0.3 is 0 Å². The lowest BCUT2D eigenvalue weighted by molar-refractivity contribution is -0.255. The number of thioether (sulfide) groups is 1. The molecule has 10 heteroatoms. The summed E-state index contributed by atoms with van der Waals surface area (Å²) >= 11 is 1.50. The van der Waals surface area contributed by atoms with Crippen LogP contribution in [0.15, 0.2) is 108 Å². The standard InChI is InChI=1S/C32H31N5O4S/c33-18-21-6-12-25(13-7-21)31-40-28(20-42-32-34-35-36-37(32)26-14-16-27(39)17-15-26)29(23-4-2-1-3-5-23)30(41-31)24-10-8-22(19-38)9-11-24/h1-17,28-31,38-39H,18-20,33H2. The highest BCUT2D eigenvalue weighted by molar-refractivity contribution is 7.99. The van der Waals surface area contributed by atoms with Crippen molar-refractivity contribution in [1.82, 2.24) is 20.2 Å². The van der Waals surface area contributed by atoms with Gasteiger partial charge in [-0.1, -0.05) is 90.6 Å². The molecule has 0 radical (unpaired) electrons. The SMILES string of the molecule is NCc1ccc(C2OC(CSc3nnnn3-c3ccc(O)cc3)C(c3ccccc3)C(c3ccc(CO)cc3)O2)cc1. The molecule has 214 valence electrons. The minimum atomic E-state index is -0.613. The van der Waals surface area contributed by atoms with E-state index in [1.807, 2.05) is 66.7 Å². The molecule has 0 bridgehead atoms. The Morgan fingerprint density at radius 2 is 1.48 bits per heavy atom. The number of phenolic OH excluding ortho intramolecular Hbond substituents is 1. The highest BCUT2D eigenvalue weighted by Gasteiger charge is 2.42. The summed E-state index contributed by atoms with van der Waals surface area (Å²) in [6.07, 6.45) is -1.22. The van der Waals surface area contributed by atoms with Crippen LogP contribution < -0.4 is 5.73 Å². The number of aromatic nitrogens is 4. The number of aromatic hydroxyl groups is 1. The number of ether oxygens (including phenoxy) is 2. The highest BCUT2D eigenvalue weighted by Crippen LogP contribution is 2.48. The van der Waals surface area contributed by atoms with Gasteiger partial charge in [0.15, 0.2) is 6.29 Å². The van der Waals surface area contributed by atoms with Gasteiger partial charge in [0.05, 0.1) is 24.5 Å². The van der Waals surface area contributed by atoms with Crippen LogP contribution in [0.1, 0.15) is 46.1 Å². The molecule has 4 aromatic carbocycles. The maximum Gasteiger partial charge on any atom is 0.214 e. The third-order valence-corrected chi connectivity index (χ3v) is 8.38. The number of aliphatic hydroxyl groups is 1. The van der Waals surface area contributed by atoms with Crippen molar-refractivity contribution in [3.05, 3.63) is 131 Å². The summed E-state index contributed by atoms with van der Waals surface area (Å²) in [5.41, 5.74) is 11.4. The monoisotopic (exact) mass is 581 g/mol. The molecule has 5 aromatic rings. The van der Waals surface area contributed by atoms with Crippen LogP contribution in [0.25, 0.3) is 5.69 Å². The topological polar surface area (TPSA) is 129 Å². The zero-order valence-corrected chi connectivity index (χ0v) is 23.5. The van der Waals surface area contributed by atoms with E-state index in [2.05, 4.69) is 27.7 Å². The number of aliphatic hydroxyl groups excluding tert-OH is 1. The third kappa shape index (κ3) is 6.08. The molecule has 0 saturated carbocycles. The zero-order chi connectivity index (χ0) is 28.9. The Kier molecular flexibility index (Phi) is 8.59. The molecule has 0 amide bonds. The van der Waals surface area contributed by atoms with Gasteiger partial charge in [0, 0.05) is 23.8 Å². The minimum Gasteiger partial charge on any atom is -0.508 e. The summed E-state index contributed by atoms with van der Waals surface area (Å²) in [7, 11) is 0. The predicted octanol–water partition coefficient (Wildman–Crippen LogP) is 5.05. The maximum atomic E-state index is 9.72. The van der Waals surface area contributed by atoms with Crippen molar-refractivity contribution in [2.24, 2.45) is 5.73 Å². The first-order chi connectivity index (χ1) is 20.6. The first-order valence-electron chi connectivity index (χ1n) is 13.7. The van der Waals surface area contributed by atoms with E-state index >= 15 is 0 Å². The number of benzene rings is 4. The largest absolute Gasteiger partial charge is 0.508 e. The van der Waals surface area contributed by atoms with Crippen molar-refractivity contribution < 1.29 is 19.7 Å². The number of rotatable bonds is 9. The lowest BCUT2D eigenvalue weighted by atomic mass is 9.84. The summed E-state index contributed by atoms with van der Waals surface area (Å²) in [5.74, 6) is 0.575. The number of hydrogen-bond acceptors (Lipinski definition) is 9. The van der Waals surface area contributed by atoms with Crippen molar-refractivity contribution in [3.63, 3.8) is 0 Å². The first-order valence-corrected chi connectivity index (χ1v) is 14.7. The molecule has 2 heterocycles. The van der Waals surface area contributed by atoms with E-state index in [-0.39, 0.29) is 30.5 Å². The van der Waals surface area contributed by atoms with Crippen LogP contribution >= 0.6 is 11.8 Å². The smallest absolute Gasteiger partial charge is 0.214 e. The van der Waals surface area contributed by atoms with E-state index in [0.717, 1.165) is 33.5 Å². The second kappa shape index (κ2) is 12.8. The average Bonchev–Trinajstić information content (AvgIpc) is 3.53. The Morgan fingerprint density at radius 3 is 2.17 bits per heavy atom. The van der Waals surface area contributed by atoms with Gasteiger partial charge in [-0.05, 0) is 56.9 Å². The Balaban J connectivity index is 1.36. The van der Waals surface area contributed by atoms with Gasteiger partial charge in [-0.15, -0.1) is 5.10 Å². The molecule has 42 heavy (non-hydrogen) atoms. The van der Waals surface area contributed by atoms with Crippen LogP contribution in [0, 0.1) is 0 Å². The highest BCUT2D eigenvalue weighted by atomic mass is 32.2.